The fourth-order valence-corrected chi connectivity index (χ4v) is 4.57. The molecule has 0 aliphatic heterocycles. The lowest BCUT2D eigenvalue weighted by atomic mass is 10.1. The van der Waals surface area contributed by atoms with Gasteiger partial charge in [0.15, 0.2) is 9.84 Å². The Labute approximate surface area is 156 Å². The normalized spacial score (nSPS) is 11.5. The van der Waals surface area contributed by atoms with E-state index in [4.69, 9.17) is 0 Å². The molecule has 0 saturated carbocycles. The van der Waals surface area contributed by atoms with E-state index in [1.807, 2.05) is 32.9 Å². The molecule has 0 aliphatic carbocycles. The van der Waals surface area contributed by atoms with E-state index < -0.39 is 21.5 Å². The number of hydrogen-bond acceptors (Lipinski definition) is 6. The van der Waals surface area contributed by atoms with Crippen molar-refractivity contribution >= 4 is 42.4 Å². The quantitative estimate of drug-likeness (QED) is 0.655. The van der Waals surface area contributed by atoms with Crippen molar-refractivity contribution in [3.63, 3.8) is 0 Å². The molecule has 0 spiro atoms. The number of sulfone groups is 1. The largest absolute Gasteiger partial charge is 0.273 e. The van der Waals surface area contributed by atoms with E-state index in [2.05, 4.69) is 15.8 Å². The van der Waals surface area contributed by atoms with Crippen LogP contribution in [0, 0.1) is 20.8 Å². The van der Waals surface area contributed by atoms with Gasteiger partial charge < -0.3 is 0 Å². The summed E-state index contributed by atoms with van der Waals surface area (Å²) in [6.45, 7) is 5.84. The Bertz CT molecular complexity index is 1030. The molecule has 8 heteroatoms. The number of thiazole rings is 1. The van der Waals surface area contributed by atoms with Crippen LogP contribution in [0.2, 0.25) is 0 Å². The third-order valence-corrected chi connectivity index (χ3v) is 6.69. The molecule has 0 unspecified atom stereocenters. The number of hydrogen-bond donors (Lipinski definition) is 2. The zero-order chi connectivity index (χ0) is 18.9. The Morgan fingerprint density at radius 1 is 1.04 bits per heavy atom. The van der Waals surface area contributed by atoms with Crippen molar-refractivity contribution in [3.8, 4) is 0 Å². The lowest BCUT2D eigenvalue weighted by Gasteiger charge is -2.07. The Hall–Kier alpha value is -2.45. The summed E-state index contributed by atoms with van der Waals surface area (Å²) >= 11 is 1.41. The van der Waals surface area contributed by atoms with Gasteiger partial charge in [-0.3, -0.25) is 15.6 Å². The molecule has 0 bridgehead atoms. The van der Waals surface area contributed by atoms with E-state index in [1.165, 1.54) is 23.5 Å². The van der Waals surface area contributed by atoms with E-state index in [0.29, 0.717) is 5.13 Å². The maximum absolute atomic E-state index is 12.3. The minimum Gasteiger partial charge on any atom is -0.273 e. The van der Waals surface area contributed by atoms with Gasteiger partial charge in [0.05, 0.1) is 15.1 Å². The highest BCUT2D eigenvalue weighted by Gasteiger charge is 2.19. The molecule has 2 aromatic carbocycles. The number of anilines is 1. The molecule has 1 heterocycles. The topological polar surface area (TPSA) is 88.2 Å². The summed E-state index contributed by atoms with van der Waals surface area (Å²) in [5.74, 6) is -1.27. The molecule has 0 fully saturated rings. The lowest BCUT2D eigenvalue weighted by molar-refractivity contribution is -0.118. The Kier molecular flexibility index (Phi) is 4.97. The average Bonchev–Trinajstić information content (AvgIpc) is 3.02. The number of carbonyl (C=O) groups excluding carboxylic acids is 1. The molecule has 0 radical (unpaired) electrons. The first kappa shape index (κ1) is 18.3. The van der Waals surface area contributed by atoms with Gasteiger partial charge in [-0.2, -0.15) is 0 Å². The molecular formula is C18H19N3O3S2. The van der Waals surface area contributed by atoms with Gasteiger partial charge in [-0.1, -0.05) is 41.2 Å². The van der Waals surface area contributed by atoms with Gasteiger partial charge in [-0.25, -0.2) is 13.4 Å². The number of amides is 1. The van der Waals surface area contributed by atoms with E-state index in [0.717, 1.165) is 26.9 Å². The second kappa shape index (κ2) is 7.05. The second-order valence-corrected chi connectivity index (χ2v) is 9.13. The van der Waals surface area contributed by atoms with Crippen molar-refractivity contribution in [1.82, 2.24) is 10.4 Å². The van der Waals surface area contributed by atoms with Crippen LogP contribution in [0.25, 0.3) is 10.2 Å². The van der Waals surface area contributed by atoms with Crippen LogP contribution in [-0.2, 0) is 14.6 Å². The molecule has 136 valence electrons. The fourth-order valence-electron chi connectivity index (χ4n) is 2.47. The van der Waals surface area contributed by atoms with Crippen LogP contribution in [0.4, 0.5) is 5.13 Å². The fraction of sp³-hybridized carbons (Fsp3) is 0.222. The molecule has 2 N–H and O–H groups in total. The standard InChI is InChI=1S/C18H19N3O3S2/c1-11-4-8-14(9-5-11)26(23,24)10-15(22)20-21-18-19-16-12(2)6-7-13(3)17(16)25-18/h4-9H,10H2,1-3H3,(H,19,21)(H,20,22). The molecule has 3 aromatic rings. The summed E-state index contributed by atoms with van der Waals surface area (Å²) in [6, 6.07) is 10.4. The van der Waals surface area contributed by atoms with Crippen LogP contribution < -0.4 is 10.9 Å². The van der Waals surface area contributed by atoms with Crippen LogP contribution >= 0.6 is 11.3 Å². The highest BCUT2D eigenvalue weighted by atomic mass is 32.2. The minimum absolute atomic E-state index is 0.129. The predicted molar refractivity (Wildman–Crippen MR) is 104 cm³/mol. The maximum atomic E-state index is 12.3. The van der Waals surface area contributed by atoms with Crippen LogP contribution in [-0.4, -0.2) is 25.1 Å². The number of hydrazine groups is 1. The van der Waals surface area contributed by atoms with Crippen molar-refractivity contribution in [2.75, 3.05) is 11.2 Å². The summed E-state index contributed by atoms with van der Waals surface area (Å²) in [4.78, 5) is 16.6. The number of fused-ring (bicyclic) bond motifs is 1. The van der Waals surface area contributed by atoms with E-state index >= 15 is 0 Å². The van der Waals surface area contributed by atoms with Gasteiger partial charge in [0.25, 0.3) is 5.91 Å². The number of nitrogens with zero attached hydrogens (tertiary/aromatic N) is 1. The zero-order valence-electron chi connectivity index (χ0n) is 14.7. The number of aryl methyl sites for hydroxylation is 3. The summed E-state index contributed by atoms with van der Waals surface area (Å²) < 4.78 is 25.6. The van der Waals surface area contributed by atoms with Crippen molar-refractivity contribution in [2.45, 2.75) is 25.7 Å². The molecule has 0 saturated heterocycles. The summed E-state index contributed by atoms with van der Waals surface area (Å²) in [7, 11) is -3.69. The van der Waals surface area contributed by atoms with Crippen LogP contribution in [0.15, 0.2) is 41.3 Å². The van der Waals surface area contributed by atoms with Crippen molar-refractivity contribution in [2.24, 2.45) is 0 Å². The number of benzene rings is 2. The monoisotopic (exact) mass is 389 g/mol. The second-order valence-electron chi connectivity index (χ2n) is 6.14. The Balaban J connectivity index is 1.68. The molecule has 3 rings (SSSR count). The molecule has 0 aliphatic rings. The molecule has 6 nitrogen and oxygen atoms in total. The van der Waals surface area contributed by atoms with Crippen molar-refractivity contribution in [1.29, 1.82) is 0 Å². The van der Waals surface area contributed by atoms with Gasteiger partial charge in [-0.15, -0.1) is 0 Å². The SMILES string of the molecule is Cc1ccc(S(=O)(=O)CC(=O)NNc2nc3c(C)ccc(C)c3s2)cc1. The van der Waals surface area contributed by atoms with E-state index in [1.54, 1.807) is 12.1 Å². The highest BCUT2D eigenvalue weighted by Crippen LogP contribution is 2.30. The van der Waals surface area contributed by atoms with Crippen LogP contribution in [0.5, 0.6) is 0 Å². The third-order valence-electron chi connectivity index (χ3n) is 3.95. The van der Waals surface area contributed by atoms with Crippen molar-refractivity contribution < 1.29 is 13.2 Å². The minimum atomic E-state index is -3.69. The lowest BCUT2D eigenvalue weighted by Crippen LogP contribution is -2.34. The Morgan fingerprint density at radius 2 is 1.69 bits per heavy atom. The first-order chi connectivity index (χ1) is 12.3. The average molecular weight is 390 g/mol. The molecular weight excluding hydrogens is 370 g/mol. The van der Waals surface area contributed by atoms with Crippen molar-refractivity contribution in [3.05, 3.63) is 53.1 Å². The molecule has 0 atom stereocenters. The first-order valence-electron chi connectivity index (χ1n) is 7.97. The molecule has 1 amide bonds. The van der Waals surface area contributed by atoms with Gasteiger partial charge in [0.2, 0.25) is 5.13 Å². The van der Waals surface area contributed by atoms with Gasteiger partial charge >= 0.3 is 0 Å². The first-order valence-corrected chi connectivity index (χ1v) is 10.4. The highest BCUT2D eigenvalue weighted by molar-refractivity contribution is 7.92. The van der Waals surface area contributed by atoms with Crippen LogP contribution in [0.1, 0.15) is 16.7 Å². The smallest absolute Gasteiger partial charge is 0.253 e. The third kappa shape index (κ3) is 3.86. The number of nitrogens with one attached hydrogen (secondary N) is 2. The maximum Gasteiger partial charge on any atom is 0.253 e. The molecule has 1 aromatic heterocycles. The number of carbonyl (C=O) groups is 1. The zero-order valence-corrected chi connectivity index (χ0v) is 16.3. The summed E-state index contributed by atoms with van der Waals surface area (Å²) in [5, 5.41) is 0.512. The number of rotatable bonds is 5. The number of aromatic nitrogens is 1. The van der Waals surface area contributed by atoms with E-state index in [9.17, 15) is 13.2 Å². The molecule has 26 heavy (non-hydrogen) atoms. The predicted octanol–water partition coefficient (Wildman–Crippen LogP) is 3.14. The summed E-state index contributed by atoms with van der Waals surface area (Å²) in [5.41, 5.74) is 9.11. The Morgan fingerprint density at radius 3 is 2.35 bits per heavy atom. The van der Waals surface area contributed by atoms with Gasteiger partial charge in [0.1, 0.15) is 5.75 Å². The van der Waals surface area contributed by atoms with Crippen LogP contribution in [0.3, 0.4) is 0 Å². The van der Waals surface area contributed by atoms with E-state index in [-0.39, 0.29) is 4.90 Å². The summed E-state index contributed by atoms with van der Waals surface area (Å²) in [6.07, 6.45) is 0. The van der Waals surface area contributed by atoms with Gasteiger partial charge in [-0.05, 0) is 44.0 Å². The van der Waals surface area contributed by atoms with Gasteiger partial charge in [0, 0.05) is 0 Å².